The summed E-state index contributed by atoms with van der Waals surface area (Å²) in [5.74, 6) is -0.830. The maximum Gasteiger partial charge on any atom is 0.303 e. The zero-order valence-electron chi connectivity index (χ0n) is 11.0. The molecule has 9 heteroatoms. The Morgan fingerprint density at radius 2 is 2.00 bits per heavy atom. The molecule has 0 bridgehead atoms. The van der Waals surface area contributed by atoms with Crippen molar-refractivity contribution in [2.45, 2.75) is 30.6 Å². The lowest BCUT2D eigenvalue weighted by Gasteiger charge is -2.12. The lowest BCUT2D eigenvalue weighted by atomic mass is 10.2. The number of halogens is 2. The minimum absolute atomic E-state index is 0.0144. The van der Waals surface area contributed by atoms with Crippen LogP contribution in [0.15, 0.2) is 21.5 Å². The summed E-state index contributed by atoms with van der Waals surface area (Å²) in [7, 11) is -3.95. The van der Waals surface area contributed by atoms with Crippen LogP contribution in [0.2, 0.25) is 5.02 Å². The topological polar surface area (TPSA) is 107 Å². The van der Waals surface area contributed by atoms with E-state index in [2.05, 4.69) is 15.9 Å². The Labute approximate surface area is 136 Å². The van der Waals surface area contributed by atoms with Crippen LogP contribution in [-0.2, 0) is 14.8 Å². The molecule has 0 amide bonds. The fraction of sp³-hybridized carbons (Fsp3) is 0.417. The molecule has 0 radical (unpaired) electrons. The molecule has 0 heterocycles. The van der Waals surface area contributed by atoms with Crippen LogP contribution in [0.25, 0.3) is 0 Å². The van der Waals surface area contributed by atoms with Crippen molar-refractivity contribution in [3.63, 3.8) is 0 Å². The highest BCUT2D eigenvalue weighted by Gasteiger charge is 2.19. The molecule has 0 aliphatic carbocycles. The third kappa shape index (κ3) is 6.21. The van der Waals surface area contributed by atoms with Crippen LogP contribution in [-0.4, -0.2) is 26.1 Å². The third-order valence-electron chi connectivity index (χ3n) is 2.56. The van der Waals surface area contributed by atoms with Gasteiger partial charge in [-0.15, -0.1) is 0 Å². The van der Waals surface area contributed by atoms with Gasteiger partial charge in [-0.1, -0.05) is 27.5 Å². The first-order chi connectivity index (χ1) is 9.71. The van der Waals surface area contributed by atoms with Crippen molar-refractivity contribution < 1.29 is 23.1 Å². The van der Waals surface area contributed by atoms with Crippen LogP contribution in [0.1, 0.15) is 25.7 Å². The maximum absolute atomic E-state index is 11.5. The zero-order valence-corrected chi connectivity index (χ0v) is 14.2. The summed E-state index contributed by atoms with van der Waals surface area (Å²) >= 11 is 9.11. The largest absolute Gasteiger partial charge is 0.491 e. The number of carboxylic acids is 1. The molecule has 0 unspecified atom stereocenters. The van der Waals surface area contributed by atoms with Crippen molar-refractivity contribution >= 4 is 43.5 Å². The van der Waals surface area contributed by atoms with Crippen LogP contribution in [0.5, 0.6) is 5.75 Å². The maximum atomic E-state index is 11.5. The van der Waals surface area contributed by atoms with E-state index in [-0.39, 0.29) is 28.7 Å². The number of sulfonamides is 1. The van der Waals surface area contributed by atoms with Gasteiger partial charge in [0.25, 0.3) is 0 Å². The van der Waals surface area contributed by atoms with E-state index in [1.54, 1.807) is 0 Å². The number of rotatable bonds is 8. The van der Waals surface area contributed by atoms with Gasteiger partial charge in [-0.3, -0.25) is 4.79 Å². The van der Waals surface area contributed by atoms with E-state index in [1.807, 2.05) is 0 Å². The molecule has 3 N–H and O–H groups in total. The van der Waals surface area contributed by atoms with Gasteiger partial charge in [0.05, 0.1) is 11.6 Å². The molecule has 0 spiro atoms. The number of ether oxygens (including phenoxy) is 1. The summed E-state index contributed by atoms with van der Waals surface area (Å²) in [4.78, 5) is 10.2. The number of primary sulfonamides is 1. The van der Waals surface area contributed by atoms with Gasteiger partial charge in [-0.25, -0.2) is 13.6 Å². The van der Waals surface area contributed by atoms with Crippen molar-refractivity contribution in [1.82, 2.24) is 0 Å². The van der Waals surface area contributed by atoms with E-state index in [4.69, 9.17) is 26.6 Å². The summed E-state index contributed by atoms with van der Waals surface area (Å²) in [6.45, 7) is 0.226. The Kier molecular flexibility index (Phi) is 6.92. The lowest BCUT2D eigenvalue weighted by Crippen LogP contribution is -2.14. The highest BCUT2D eigenvalue weighted by atomic mass is 79.9. The molecule has 1 aromatic rings. The van der Waals surface area contributed by atoms with E-state index in [0.29, 0.717) is 23.7 Å². The molecule has 0 fully saturated rings. The SMILES string of the molecule is NS(=O)(=O)c1cc(Br)cc(Cl)c1OCCCCCC(=O)O. The van der Waals surface area contributed by atoms with Crippen molar-refractivity contribution in [3.8, 4) is 5.75 Å². The molecule has 118 valence electrons. The normalized spacial score (nSPS) is 11.4. The molecule has 0 saturated heterocycles. The zero-order chi connectivity index (χ0) is 16.0. The van der Waals surface area contributed by atoms with Crippen LogP contribution < -0.4 is 9.88 Å². The second kappa shape index (κ2) is 7.98. The molecule has 0 aliphatic rings. The summed E-state index contributed by atoms with van der Waals surface area (Å²) in [5.41, 5.74) is 0. The number of aliphatic carboxylic acids is 1. The quantitative estimate of drug-likeness (QED) is 0.653. The molecule has 1 rings (SSSR count). The Bertz CT molecular complexity index is 620. The Balaban J connectivity index is 2.69. The molecule has 1 aromatic carbocycles. The van der Waals surface area contributed by atoms with E-state index in [1.165, 1.54) is 12.1 Å². The van der Waals surface area contributed by atoms with Crippen LogP contribution >= 0.6 is 27.5 Å². The van der Waals surface area contributed by atoms with E-state index < -0.39 is 16.0 Å². The first kappa shape index (κ1) is 18.2. The number of carboxylic acid groups (broad SMARTS) is 1. The molecule has 0 aliphatic heterocycles. The van der Waals surface area contributed by atoms with Crippen molar-refractivity contribution in [3.05, 3.63) is 21.6 Å². The number of hydrogen-bond acceptors (Lipinski definition) is 4. The van der Waals surface area contributed by atoms with Crippen LogP contribution in [0.3, 0.4) is 0 Å². The van der Waals surface area contributed by atoms with Gasteiger partial charge in [-0.05, 0) is 31.4 Å². The standard InChI is InChI=1S/C12H15BrClNO5S/c13-8-6-9(14)12(10(7-8)21(15,18)19)20-5-3-1-2-4-11(16)17/h6-7H,1-5H2,(H,16,17)(H2,15,18,19). The number of hydrogen-bond donors (Lipinski definition) is 2. The predicted octanol–water partition coefficient (Wildman–Crippen LogP) is 2.77. The summed E-state index contributed by atoms with van der Waals surface area (Å²) in [6, 6.07) is 2.83. The van der Waals surface area contributed by atoms with Gasteiger partial charge in [-0.2, -0.15) is 0 Å². The first-order valence-corrected chi connectivity index (χ1v) is 8.80. The van der Waals surface area contributed by atoms with Gasteiger partial charge < -0.3 is 9.84 Å². The second-order valence-electron chi connectivity index (χ2n) is 4.31. The molecule has 0 atom stereocenters. The van der Waals surface area contributed by atoms with Gasteiger partial charge in [0.1, 0.15) is 4.90 Å². The van der Waals surface area contributed by atoms with Crippen molar-refractivity contribution in [2.75, 3.05) is 6.61 Å². The van der Waals surface area contributed by atoms with Gasteiger partial charge >= 0.3 is 5.97 Å². The van der Waals surface area contributed by atoms with E-state index >= 15 is 0 Å². The average Bonchev–Trinajstić information content (AvgIpc) is 2.33. The molecule has 6 nitrogen and oxygen atoms in total. The van der Waals surface area contributed by atoms with E-state index in [9.17, 15) is 13.2 Å². The molecular formula is C12H15BrClNO5S. The van der Waals surface area contributed by atoms with Gasteiger partial charge in [0, 0.05) is 10.9 Å². The van der Waals surface area contributed by atoms with Crippen molar-refractivity contribution in [2.24, 2.45) is 5.14 Å². The molecule has 0 aromatic heterocycles. The van der Waals surface area contributed by atoms with Crippen LogP contribution in [0.4, 0.5) is 0 Å². The van der Waals surface area contributed by atoms with Gasteiger partial charge in [0.15, 0.2) is 5.75 Å². The fourth-order valence-electron chi connectivity index (χ4n) is 1.62. The third-order valence-corrected chi connectivity index (χ3v) is 4.22. The van der Waals surface area contributed by atoms with E-state index in [0.717, 1.165) is 0 Å². The Morgan fingerprint density at radius 3 is 2.57 bits per heavy atom. The summed E-state index contributed by atoms with van der Waals surface area (Å²) < 4.78 is 28.9. The Morgan fingerprint density at radius 1 is 1.33 bits per heavy atom. The van der Waals surface area contributed by atoms with Gasteiger partial charge in [0.2, 0.25) is 10.0 Å². The molecule has 0 saturated carbocycles. The summed E-state index contributed by atoms with van der Waals surface area (Å²) in [5, 5.41) is 13.8. The highest BCUT2D eigenvalue weighted by molar-refractivity contribution is 9.10. The molecular weight excluding hydrogens is 386 g/mol. The highest BCUT2D eigenvalue weighted by Crippen LogP contribution is 2.35. The summed E-state index contributed by atoms with van der Waals surface area (Å²) in [6.07, 6.45) is 1.88. The minimum atomic E-state index is -3.95. The average molecular weight is 401 g/mol. The van der Waals surface area contributed by atoms with Crippen molar-refractivity contribution in [1.29, 1.82) is 0 Å². The van der Waals surface area contributed by atoms with Crippen LogP contribution in [0, 0.1) is 0 Å². The first-order valence-electron chi connectivity index (χ1n) is 6.08. The molecule has 21 heavy (non-hydrogen) atoms. The predicted molar refractivity (Wildman–Crippen MR) is 82.1 cm³/mol. The lowest BCUT2D eigenvalue weighted by molar-refractivity contribution is -0.137. The number of nitrogens with two attached hydrogens (primary N) is 1. The second-order valence-corrected chi connectivity index (χ2v) is 7.17. The number of unbranched alkanes of at least 4 members (excludes halogenated alkanes) is 2. The monoisotopic (exact) mass is 399 g/mol. The fourth-order valence-corrected chi connectivity index (χ4v) is 3.41. The smallest absolute Gasteiger partial charge is 0.303 e. The Hall–Kier alpha value is -0.830. The number of benzene rings is 1. The minimum Gasteiger partial charge on any atom is -0.491 e. The number of carbonyl (C=O) groups is 1.